The second-order valence-corrected chi connectivity index (χ2v) is 6.70. The van der Waals surface area contributed by atoms with Crippen LogP contribution in [0.4, 0.5) is 4.79 Å². The number of hydrogen-bond acceptors (Lipinski definition) is 4. The molecule has 0 fully saturated rings. The van der Waals surface area contributed by atoms with Gasteiger partial charge >= 0.3 is 6.03 Å². The van der Waals surface area contributed by atoms with Gasteiger partial charge in [-0.1, -0.05) is 12.1 Å². The first-order valence-electron chi connectivity index (χ1n) is 8.88. The Morgan fingerprint density at radius 1 is 1.38 bits per heavy atom. The van der Waals surface area contributed by atoms with Crippen LogP contribution < -0.4 is 10.1 Å². The summed E-state index contributed by atoms with van der Waals surface area (Å²) in [6, 6.07) is 11.4. The summed E-state index contributed by atoms with van der Waals surface area (Å²) >= 11 is 0. The van der Waals surface area contributed by atoms with Crippen molar-refractivity contribution < 1.29 is 14.6 Å². The van der Waals surface area contributed by atoms with E-state index in [-0.39, 0.29) is 18.7 Å². The van der Waals surface area contributed by atoms with Crippen LogP contribution in [0.1, 0.15) is 29.4 Å². The number of fused-ring (bicyclic) bond motifs is 1. The number of aromatic nitrogens is 1. The van der Waals surface area contributed by atoms with Gasteiger partial charge in [0, 0.05) is 29.4 Å². The number of amides is 2. The molecule has 0 spiro atoms. The number of aliphatic hydroxyl groups is 1. The predicted molar refractivity (Wildman–Crippen MR) is 98.9 cm³/mol. The first kappa shape index (κ1) is 18.2. The first-order valence-corrected chi connectivity index (χ1v) is 8.88. The Balaban J connectivity index is 1.63. The van der Waals surface area contributed by atoms with Gasteiger partial charge < -0.3 is 20.1 Å². The summed E-state index contributed by atoms with van der Waals surface area (Å²) in [6.07, 6.45) is 0.684. The second-order valence-electron chi connectivity index (χ2n) is 6.70. The first-order chi connectivity index (χ1) is 12.5. The number of pyridine rings is 1. The van der Waals surface area contributed by atoms with Crippen LogP contribution in [-0.2, 0) is 19.6 Å². The summed E-state index contributed by atoms with van der Waals surface area (Å²) in [5.74, 6) is 0.773. The number of urea groups is 1. The minimum absolute atomic E-state index is 0.0239. The molecule has 1 aliphatic heterocycles. The monoisotopic (exact) mass is 355 g/mol. The number of aryl methyl sites for hydroxylation is 1. The molecule has 0 unspecified atom stereocenters. The molecule has 2 amide bonds. The van der Waals surface area contributed by atoms with E-state index in [1.165, 1.54) is 0 Å². The van der Waals surface area contributed by atoms with E-state index in [1.807, 2.05) is 50.2 Å². The van der Waals surface area contributed by atoms with Crippen LogP contribution in [-0.4, -0.2) is 40.2 Å². The number of rotatable bonds is 4. The molecule has 138 valence electrons. The topological polar surface area (TPSA) is 74.7 Å². The number of benzene rings is 1. The lowest BCUT2D eigenvalue weighted by atomic mass is 10.1. The fourth-order valence-electron chi connectivity index (χ4n) is 3.10. The molecular formula is C20H25N3O3. The van der Waals surface area contributed by atoms with Crippen LogP contribution in [0.3, 0.4) is 0 Å². The Bertz CT molecular complexity index is 779. The summed E-state index contributed by atoms with van der Waals surface area (Å²) in [4.78, 5) is 18.9. The molecule has 0 bridgehead atoms. The zero-order chi connectivity index (χ0) is 18.5. The van der Waals surface area contributed by atoms with Gasteiger partial charge in [-0.15, -0.1) is 0 Å². The third-order valence-corrected chi connectivity index (χ3v) is 4.41. The maximum atomic E-state index is 12.7. The van der Waals surface area contributed by atoms with E-state index in [1.54, 1.807) is 4.90 Å². The van der Waals surface area contributed by atoms with Crippen molar-refractivity contribution in [2.75, 3.05) is 13.2 Å². The molecular weight excluding hydrogens is 330 g/mol. The Morgan fingerprint density at radius 3 is 3.00 bits per heavy atom. The van der Waals surface area contributed by atoms with Crippen LogP contribution in [0, 0.1) is 6.92 Å². The SMILES string of the molecule is Cc1cccc(C[C@H](C)NC(=O)N2CCOc3ccc(CO)cc3C2)n1. The van der Waals surface area contributed by atoms with Gasteiger partial charge in [-0.2, -0.15) is 0 Å². The van der Waals surface area contributed by atoms with E-state index in [2.05, 4.69) is 10.3 Å². The van der Waals surface area contributed by atoms with Gasteiger partial charge in [0.2, 0.25) is 0 Å². The highest BCUT2D eigenvalue weighted by molar-refractivity contribution is 5.74. The van der Waals surface area contributed by atoms with Crippen molar-refractivity contribution in [1.29, 1.82) is 0 Å². The van der Waals surface area contributed by atoms with Crippen molar-refractivity contribution in [3.8, 4) is 5.75 Å². The number of nitrogens with one attached hydrogen (secondary N) is 1. The third-order valence-electron chi connectivity index (χ3n) is 4.41. The second kappa shape index (κ2) is 8.19. The summed E-state index contributed by atoms with van der Waals surface area (Å²) in [7, 11) is 0. The van der Waals surface area contributed by atoms with E-state index in [9.17, 15) is 9.90 Å². The van der Waals surface area contributed by atoms with Gasteiger partial charge in [-0.25, -0.2) is 4.79 Å². The average molecular weight is 355 g/mol. The largest absolute Gasteiger partial charge is 0.491 e. The van der Waals surface area contributed by atoms with Crippen molar-refractivity contribution >= 4 is 6.03 Å². The Morgan fingerprint density at radius 2 is 2.23 bits per heavy atom. The molecule has 0 saturated heterocycles. The van der Waals surface area contributed by atoms with E-state index in [0.717, 1.165) is 28.3 Å². The third kappa shape index (κ3) is 4.52. The lowest BCUT2D eigenvalue weighted by Crippen LogP contribution is -2.45. The van der Waals surface area contributed by atoms with Gasteiger partial charge in [0.05, 0.1) is 19.7 Å². The molecule has 1 aromatic carbocycles. The fourth-order valence-corrected chi connectivity index (χ4v) is 3.10. The molecule has 6 nitrogen and oxygen atoms in total. The number of aliphatic hydroxyl groups excluding tert-OH is 1. The minimum Gasteiger partial charge on any atom is -0.491 e. The average Bonchev–Trinajstić information content (AvgIpc) is 2.83. The van der Waals surface area contributed by atoms with E-state index >= 15 is 0 Å². The maximum absolute atomic E-state index is 12.7. The molecule has 26 heavy (non-hydrogen) atoms. The van der Waals surface area contributed by atoms with Crippen molar-refractivity contribution in [3.05, 3.63) is 58.9 Å². The minimum atomic E-state index is -0.115. The molecule has 0 aliphatic carbocycles. The van der Waals surface area contributed by atoms with Crippen molar-refractivity contribution in [2.24, 2.45) is 0 Å². The standard InChI is InChI=1S/C20H25N3O3/c1-14-4-3-5-18(21-14)10-15(2)22-20(25)23-8-9-26-19-7-6-16(13-24)11-17(19)12-23/h3-7,11,15,24H,8-10,12-13H2,1-2H3,(H,22,25)/t15-/m0/s1. The van der Waals surface area contributed by atoms with Gasteiger partial charge in [-0.05, 0) is 43.7 Å². The van der Waals surface area contributed by atoms with Gasteiger partial charge in [-0.3, -0.25) is 4.98 Å². The summed E-state index contributed by atoms with van der Waals surface area (Å²) in [5.41, 5.74) is 3.67. The highest BCUT2D eigenvalue weighted by Gasteiger charge is 2.21. The Labute approximate surface area is 153 Å². The number of ether oxygens (including phenoxy) is 1. The van der Waals surface area contributed by atoms with Gasteiger partial charge in [0.1, 0.15) is 12.4 Å². The van der Waals surface area contributed by atoms with Gasteiger partial charge in [0.15, 0.2) is 0 Å². The van der Waals surface area contributed by atoms with Crippen LogP contribution >= 0.6 is 0 Å². The van der Waals surface area contributed by atoms with Crippen LogP contribution in [0.2, 0.25) is 0 Å². The summed E-state index contributed by atoms with van der Waals surface area (Å²) in [6.45, 7) is 5.34. The summed E-state index contributed by atoms with van der Waals surface area (Å²) in [5, 5.41) is 12.4. The van der Waals surface area contributed by atoms with Gasteiger partial charge in [0.25, 0.3) is 0 Å². The van der Waals surface area contributed by atoms with E-state index < -0.39 is 0 Å². The molecule has 1 atom stereocenters. The molecule has 2 N–H and O–H groups in total. The van der Waals surface area contributed by atoms with Crippen molar-refractivity contribution in [1.82, 2.24) is 15.2 Å². The molecule has 6 heteroatoms. The molecule has 0 saturated carbocycles. The zero-order valence-corrected chi connectivity index (χ0v) is 15.2. The fraction of sp³-hybridized carbons (Fsp3) is 0.400. The number of hydrogen-bond donors (Lipinski definition) is 2. The Kier molecular flexibility index (Phi) is 5.73. The molecule has 2 heterocycles. The lowest BCUT2D eigenvalue weighted by Gasteiger charge is -2.23. The van der Waals surface area contributed by atoms with E-state index in [4.69, 9.17) is 4.74 Å². The highest BCUT2D eigenvalue weighted by Crippen LogP contribution is 2.24. The molecule has 2 aromatic rings. The zero-order valence-electron chi connectivity index (χ0n) is 15.2. The van der Waals surface area contributed by atoms with E-state index in [0.29, 0.717) is 26.1 Å². The van der Waals surface area contributed by atoms with Crippen molar-refractivity contribution in [3.63, 3.8) is 0 Å². The molecule has 0 radical (unpaired) electrons. The molecule has 3 rings (SSSR count). The number of nitrogens with zero attached hydrogens (tertiary/aromatic N) is 2. The smallest absolute Gasteiger partial charge is 0.318 e. The highest BCUT2D eigenvalue weighted by atomic mass is 16.5. The Hall–Kier alpha value is -2.60. The normalized spacial score (nSPS) is 14.8. The quantitative estimate of drug-likeness (QED) is 0.883. The molecule has 1 aliphatic rings. The molecule has 1 aromatic heterocycles. The lowest BCUT2D eigenvalue weighted by molar-refractivity contribution is 0.184. The van der Waals surface area contributed by atoms with Crippen LogP contribution in [0.5, 0.6) is 5.75 Å². The predicted octanol–water partition coefficient (Wildman–Crippen LogP) is 2.42. The number of carbonyl (C=O) groups excluding carboxylic acids is 1. The maximum Gasteiger partial charge on any atom is 0.318 e. The summed E-state index contributed by atoms with van der Waals surface area (Å²) < 4.78 is 5.73. The van der Waals surface area contributed by atoms with Crippen LogP contribution in [0.25, 0.3) is 0 Å². The van der Waals surface area contributed by atoms with Crippen LogP contribution in [0.15, 0.2) is 36.4 Å². The number of carbonyl (C=O) groups is 1. The van der Waals surface area contributed by atoms with Crippen molar-refractivity contribution in [2.45, 2.75) is 39.5 Å².